The van der Waals surface area contributed by atoms with Crippen LogP contribution in [0.4, 0.5) is 0 Å². The average Bonchev–Trinajstić information content (AvgIpc) is 2.81. The second kappa shape index (κ2) is 10.1. The predicted molar refractivity (Wildman–Crippen MR) is 139 cm³/mol. The predicted octanol–water partition coefficient (Wildman–Crippen LogP) is 5.59. The van der Waals surface area contributed by atoms with Gasteiger partial charge >= 0.3 is 0 Å². The summed E-state index contributed by atoms with van der Waals surface area (Å²) in [5.41, 5.74) is 3.75. The standard InChI is InChI=1S/C27H23ClN2O5S/c1-16-13-17(2)25(18(3)14-16)35-27-21(11-12-22(29-27)19-7-6-8-20(28)15-19)26(32)30-36(33,34)24-10-5-4-9-23(24)31/h4-8,10-15H,9H2,1-3H3,(H,30,32). The highest BCUT2D eigenvalue weighted by molar-refractivity contribution is 7.95. The molecule has 1 aromatic heterocycles. The van der Waals surface area contributed by atoms with Gasteiger partial charge in [0.15, 0.2) is 5.78 Å². The Morgan fingerprint density at radius 3 is 2.44 bits per heavy atom. The molecule has 4 rings (SSSR count). The zero-order valence-electron chi connectivity index (χ0n) is 19.8. The third kappa shape index (κ3) is 5.40. The number of halogens is 1. The van der Waals surface area contributed by atoms with E-state index < -0.39 is 26.6 Å². The largest absolute Gasteiger partial charge is 0.438 e. The molecule has 0 unspecified atom stereocenters. The Morgan fingerprint density at radius 2 is 1.78 bits per heavy atom. The summed E-state index contributed by atoms with van der Waals surface area (Å²) in [7, 11) is -4.40. The summed E-state index contributed by atoms with van der Waals surface area (Å²) >= 11 is 6.13. The van der Waals surface area contributed by atoms with Crippen LogP contribution in [-0.2, 0) is 14.8 Å². The van der Waals surface area contributed by atoms with Crippen LogP contribution in [-0.4, -0.2) is 25.1 Å². The molecule has 3 aromatic rings. The number of hydrogen-bond acceptors (Lipinski definition) is 6. The second-order valence-electron chi connectivity index (χ2n) is 8.41. The van der Waals surface area contributed by atoms with Gasteiger partial charge in [-0.3, -0.25) is 9.59 Å². The van der Waals surface area contributed by atoms with Crippen LogP contribution in [0.2, 0.25) is 5.02 Å². The number of allylic oxidation sites excluding steroid dienone is 4. The number of amides is 1. The van der Waals surface area contributed by atoms with Gasteiger partial charge in [0, 0.05) is 17.0 Å². The molecule has 0 saturated heterocycles. The highest BCUT2D eigenvalue weighted by Gasteiger charge is 2.29. The smallest absolute Gasteiger partial charge is 0.270 e. The van der Waals surface area contributed by atoms with E-state index in [2.05, 4.69) is 4.98 Å². The maximum atomic E-state index is 13.2. The van der Waals surface area contributed by atoms with Crippen LogP contribution in [0.15, 0.2) is 71.7 Å². The number of sulfonamides is 1. The Hall–Kier alpha value is -3.75. The highest BCUT2D eigenvalue weighted by atomic mass is 35.5. The molecular formula is C27H23ClN2O5S. The van der Waals surface area contributed by atoms with Gasteiger partial charge in [-0.25, -0.2) is 18.1 Å². The van der Waals surface area contributed by atoms with E-state index in [1.54, 1.807) is 36.4 Å². The number of rotatable bonds is 6. The molecule has 1 aliphatic rings. The van der Waals surface area contributed by atoms with E-state index in [0.29, 0.717) is 22.0 Å². The van der Waals surface area contributed by atoms with Gasteiger partial charge in [0.05, 0.1) is 5.69 Å². The number of carbonyl (C=O) groups is 2. The van der Waals surface area contributed by atoms with Crippen molar-refractivity contribution in [3.63, 3.8) is 0 Å². The molecule has 1 heterocycles. The molecule has 0 saturated carbocycles. The molecular weight excluding hydrogens is 500 g/mol. The maximum Gasteiger partial charge on any atom is 0.270 e. The molecule has 0 fully saturated rings. The minimum Gasteiger partial charge on any atom is -0.438 e. The van der Waals surface area contributed by atoms with Crippen LogP contribution >= 0.6 is 11.6 Å². The van der Waals surface area contributed by atoms with Gasteiger partial charge in [0.1, 0.15) is 16.2 Å². The minimum atomic E-state index is -4.40. The first kappa shape index (κ1) is 25.3. The van der Waals surface area contributed by atoms with Crippen LogP contribution in [0.1, 0.15) is 33.5 Å². The summed E-state index contributed by atoms with van der Waals surface area (Å²) in [6.07, 6.45) is 4.11. The number of benzene rings is 2. The topological polar surface area (TPSA) is 102 Å². The Balaban J connectivity index is 1.77. The zero-order valence-corrected chi connectivity index (χ0v) is 21.4. The number of ketones is 1. The number of aryl methyl sites for hydroxylation is 3. The van der Waals surface area contributed by atoms with Gasteiger partial charge in [0.25, 0.3) is 15.9 Å². The molecule has 0 bridgehead atoms. The van der Waals surface area contributed by atoms with Crippen molar-refractivity contribution < 1.29 is 22.7 Å². The Bertz CT molecular complexity index is 1540. The zero-order chi connectivity index (χ0) is 26.0. The maximum absolute atomic E-state index is 13.2. The number of nitrogens with one attached hydrogen (secondary N) is 1. The number of nitrogens with zero attached hydrogens (tertiary/aromatic N) is 1. The molecule has 0 atom stereocenters. The molecule has 36 heavy (non-hydrogen) atoms. The van der Waals surface area contributed by atoms with Gasteiger partial charge in [-0.2, -0.15) is 0 Å². The van der Waals surface area contributed by atoms with E-state index in [1.165, 1.54) is 18.2 Å². The Labute approximate surface area is 214 Å². The third-order valence-electron chi connectivity index (χ3n) is 5.51. The fourth-order valence-corrected chi connectivity index (χ4v) is 5.21. The summed E-state index contributed by atoms with van der Waals surface area (Å²) in [4.78, 5) is 29.3. The lowest BCUT2D eigenvalue weighted by Crippen LogP contribution is -2.34. The highest BCUT2D eigenvalue weighted by Crippen LogP contribution is 2.33. The molecule has 1 N–H and O–H groups in total. The lowest BCUT2D eigenvalue weighted by atomic mass is 10.1. The first-order valence-electron chi connectivity index (χ1n) is 11.0. The van der Waals surface area contributed by atoms with Gasteiger partial charge in [-0.1, -0.05) is 53.6 Å². The van der Waals surface area contributed by atoms with Crippen molar-refractivity contribution in [3.05, 3.63) is 98.9 Å². The van der Waals surface area contributed by atoms with E-state index in [0.717, 1.165) is 16.7 Å². The molecule has 1 amide bonds. The summed E-state index contributed by atoms with van der Waals surface area (Å²) in [5, 5.41) is 0.509. The fraction of sp³-hybridized carbons (Fsp3) is 0.148. The molecule has 7 nitrogen and oxygen atoms in total. The number of hydrogen-bond donors (Lipinski definition) is 1. The summed E-state index contributed by atoms with van der Waals surface area (Å²) in [5.74, 6) is -1.15. The molecule has 184 valence electrons. The Kier molecular flexibility index (Phi) is 7.10. The second-order valence-corrected chi connectivity index (χ2v) is 10.5. The number of Topliss-reactive ketones (excluding diaryl/α,β-unsaturated/α-hetero) is 1. The quantitative estimate of drug-likeness (QED) is 0.452. The van der Waals surface area contributed by atoms with Crippen LogP contribution in [0, 0.1) is 20.8 Å². The molecule has 1 aliphatic carbocycles. The van der Waals surface area contributed by atoms with Crippen LogP contribution in [0.5, 0.6) is 11.6 Å². The van der Waals surface area contributed by atoms with Crippen molar-refractivity contribution in [2.75, 3.05) is 0 Å². The number of carbonyl (C=O) groups excluding carboxylic acids is 2. The SMILES string of the molecule is Cc1cc(C)c(Oc2nc(-c3cccc(Cl)c3)ccc2C(=O)NS(=O)(=O)C2=CC=CCC2=O)c(C)c1. The Morgan fingerprint density at radius 1 is 1.06 bits per heavy atom. The third-order valence-corrected chi connectivity index (χ3v) is 7.14. The molecule has 0 spiro atoms. The van der Waals surface area contributed by atoms with Crippen molar-refractivity contribution in [1.82, 2.24) is 9.71 Å². The van der Waals surface area contributed by atoms with E-state index in [1.807, 2.05) is 37.6 Å². The summed E-state index contributed by atoms with van der Waals surface area (Å²) < 4.78 is 33.7. The van der Waals surface area contributed by atoms with Crippen molar-refractivity contribution >= 4 is 33.3 Å². The van der Waals surface area contributed by atoms with E-state index in [-0.39, 0.29) is 17.9 Å². The number of ether oxygens (including phenoxy) is 1. The van der Waals surface area contributed by atoms with Crippen LogP contribution in [0.3, 0.4) is 0 Å². The van der Waals surface area contributed by atoms with E-state index >= 15 is 0 Å². The van der Waals surface area contributed by atoms with Crippen molar-refractivity contribution in [1.29, 1.82) is 0 Å². The molecule has 0 aliphatic heterocycles. The molecule has 2 aromatic carbocycles. The van der Waals surface area contributed by atoms with Crippen molar-refractivity contribution in [2.24, 2.45) is 0 Å². The first-order valence-corrected chi connectivity index (χ1v) is 12.9. The number of pyridine rings is 1. The van der Waals surface area contributed by atoms with Crippen LogP contribution in [0.25, 0.3) is 11.3 Å². The monoisotopic (exact) mass is 522 g/mol. The molecule has 9 heteroatoms. The summed E-state index contributed by atoms with van der Waals surface area (Å²) in [6.45, 7) is 5.70. The van der Waals surface area contributed by atoms with Gasteiger partial charge in [-0.15, -0.1) is 0 Å². The van der Waals surface area contributed by atoms with E-state index in [9.17, 15) is 18.0 Å². The van der Waals surface area contributed by atoms with Crippen molar-refractivity contribution in [2.45, 2.75) is 27.2 Å². The van der Waals surface area contributed by atoms with Gasteiger partial charge in [-0.05, 0) is 62.2 Å². The van der Waals surface area contributed by atoms with Gasteiger partial charge in [0.2, 0.25) is 5.88 Å². The first-order chi connectivity index (χ1) is 17.0. The average molecular weight is 523 g/mol. The lowest BCUT2D eigenvalue weighted by molar-refractivity contribution is -0.114. The summed E-state index contributed by atoms with van der Waals surface area (Å²) in [6, 6.07) is 13.9. The van der Waals surface area contributed by atoms with Gasteiger partial charge < -0.3 is 4.74 Å². The lowest BCUT2D eigenvalue weighted by Gasteiger charge is -2.16. The fourth-order valence-electron chi connectivity index (χ4n) is 3.92. The van der Waals surface area contributed by atoms with Crippen LogP contribution < -0.4 is 9.46 Å². The van der Waals surface area contributed by atoms with Crippen molar-refractivity contribution in [3.8, 4) is 22.9 Å². The van der Waals surface area contributed by atoms with E-state index in [4.69, 9.17) is 16.3 Å². The normalized spacial score (nSPS) is 13.3. The minimum absolute atomic E-state index is 0.0584. The molecule has 0 radical (unpaired) electrons. The number of aromatic nitrogens is 1.